The van der Waals surface area contributed by atoms with Gasteiger partial charge in [0.25, 0.3) is 5.91 Å². The Labute approximate surface area is 157 Å². The first kappa shape index (κ1) is 19.9. The second-order valence-corrected chi connectivity index (χ2v) is 6.25. The van der Waals surface area contributed by atoms with Gasteiger partial charge in [-0.05, 0) is 17.5 Å². The molecule has 0 saturated heterocycles. The molecule has 0 aliphatic heterocycles. The fourth-order valence-electron chi connectivity index (χ4n) is 2.44. The fraction of sp³-hybridized carbons (Fsp3) is 0.263. The third kappa shape index (κ3) is 5.81. The molecule has 1 heterocycles. The molecule has 1 atom stereocenters. The van der Waals surface area contributed by atoms with Gasteiger partial charge >= 0.3 is 6.09 Å². The van der Waals surface area contributed by atoms with Crippen molar-refractivity contribution in [1.29, 1.82) is 0 Å². The Morgan fingerprint density at radius 1 is 1.11 bits per heavy atom. The number of amides is 3. The van der Waals surface area contributed by atoms with Crippen molar-refractivity contribution in [2.24, 2.45) is 5.92 Å². The third-order valence-electron chi connectivity index (χ3n) is 3.85. The molecule has 3 amide bonds. The standard InChI is InChI=1S/C19H22N4O4/c1-12(2)16(23-19(26)27)18(25)22-15-8-9-20-11-14(15)17(24)21-10-13-6-4-3-5-7-13/h3-9,11-12,16,23H,10H2,1-2H3,(H,21,24)(H,26,27)(H,20,22,25). The van der Waals surface area contributed by atoms with Gasteiger partial charge in [-0.15, -0.1) is 0 Å². The molecule has 8 nitrogen and oxygen atoms in total. The SMILES string of the molecule is CC(C)C(NC(=O)O)C(=O)Nc1ccncc1C(=O)NCc1ccccc1. The Bertz CT molecular complexity index is 808. The molecule has 0 saturated carbocycles. The van der Waals surface area contributed by atoms with Gasteiger partial charge in [-0.2, -0.15) is 0 Å². The van der Waals surface area contributed by atoms with Crippen molar-refractivity contribution in [3.63, 3.8) is 0 Å². The predicted molar refractivity (Wildman–Crippen MR) is 100 cm³/mol. The Hall–Kier alpha value is -3.42. The second kappa shape index (κ2) is 9.33. The van der Waals surface area contributed by atoms with Crippen LogP contribution in [0.15, 0.2) is 48.8 Å². The fourth-order valence-corrected chi connectivity index (χ4v) is 2.44. The number of anilines is 1. The van der Waals surface area contributed by atoms with Crippen LogP contribution in [0.4, 0.5) is 10.5 Å². The molecular weight excluding hydrogens is 348 g/mol. The third-order valence-corrected chi connectivity index (χ3v) is 3.85. The number of hydrogen-bond donors (Lipinski definition) is 4. The maximum absolute atomic E-state index is 12.5. The quantitative estimate of drug-likeness (QED) is 0.596. The van der Waals surface area contributed by atoms with E-state index in [2.05, 4.69) is 20.9 Å². The molecule has 2 rings (SSSR count). The average molecular weight is 370 g/mol. The summed E-state index contributed by atoms with van der Waals surface area (Å²) in [5, 5.41) is 16.5. The first-order valence-electron chi connectivity index (χ1n) is 8.45. The molecule has 1 aromatic carbocycles. The lowest BCUT2D eigenvalue weighted by molar-refractivity contribution is -0.119. The van der Waals surface area contributed by atoms with Gasteiger partial charge < -0.3 is 21.1 Å². The van der Waals surface area contributed by atoms with Gasteiger partial charge in [0.1, 0.15) is 6.04 Å². The number of carboxylic acid groups (broad SMARTS) is 1. The van der Waals surface area contributed by atoms with Crippen molar-refractivity contribution in [3.05, 3.63) is 59.9 Å². The van der Waals surface area contributed by atoms with Crippen LogP contribution in [0, 0.1) is 5.92 Å². The van der Waals surface area contributed by atoms with Crippen molar-refractivity contribution in [3.8, 4) is 0 Å². The molecule has 2 aromatic rings. The lowest BCUT2D eigenvalue weighted by Crippen LogP contribution is -2.46. The summed E-state index contributed by atoms with van der Waals surface area (Å²) < 4.78 is 0. The van der Waals surface area contributed by atoms with Crippen LogP contribution in [0.3, 0.4) is 0 Å². The molecule has 0 fully saturated rings. The lowest BCUT2D eigenvalue weighted by atomic mass is 10.0. The highest BCUT2D eigenvalue weighted by molar-refractivity contribution is 6.05. The van der Waals surface area contributed by atoms with E-state index >= 15 is 0 Å². The molecule has 0 bridgehead atoms. The minimum absolute atomic E-state index is 0.194. The zero-order valence-electron chi connectivity index (χ0n) is 15.1. The van der Waals surface area contributed by atoms with Crippen LogP contribution >= 0.6 is 0 Å². The molecule has 142 valence electrons. The molecule has 0 radical (unpaired) electrons. The van der Waals surface area contributed by atoms with Crippen molar-refractivity contribution in [1.82, 2.24) is 15.6 Å². The highest BCUT2D eigenvalue weighted by atomic mass is 16.4. The van der Waals surface area contributed by atoms with E-state index in [0.717, 1.165) is 5.56 Å². The number of benzene rings is 1. The Morgan fingerprint density at radius 2 is 1.81 bits per heavy atom. The molecular formula is C19H22N4O4. The predicted octanol–water partition coefficient (Wildman–Crippen LogP) is 2.24. The molecule has 0 spiro atoms. The maximum Gasteiger partial charge on any atom is 0.405 e. The summed E-state index contributed by atoms with van der Waals surface area (Å²) in [6.07, 6.45) is 1.50. The van der Waals surface area contributed by atoms with Gasteiger partial charge in [-0.1, -0.05) is 44.2 Å². The van der Waals surface area contributed by atoms with E-state index in [1.54, 1.807) is 13.8 Å². The number of nitrogens with one attached hydrogen (secondary N) is 3. The number of pyridine rings is 1. The molecule has 8 heteroatoms. The minimum atomic E-state index is -1.29. The van der Waals surface area contributed by atoms with E-state index in [-0.39, 0.29) is 17.2 Å². The monoisotopic (exact) mass is 370 g/mol. The minimum Gasteiger partial charge on any atom is -0.465 e. The van der Waals surface area contributed by atoms with Crippen LogP contribution in [0.2, 0.25) is 0 Å². The molecule has 27 heavy (non-hydrogen) atoms. The number of aromatic nitrogens is 1. The summed E-state index contributed by atoms with van der Waals surface area (Å²) in [6, 6.07) is 9.95. The van der Waals surface area contributed by atoms with Gasteiger partial charge in [0, 0.05) is 18.9 Å². The second-order valence-electron chi connectivity index (χ2n) is 6.25. The number of carbonyl (C=O) groups is 3. The number of carbonyl (C=O) groups excluding carboxylic acids is 2. The van der Waals surface area contributed by atoms with Gasteiger partial charge in [-0.3, -0.25) is 14.6 Å². The van der Waals surface area contributed by atoms with Crippen LogP contribution in [0.5, 0.6) is 0 Å². The van der Waals surface area contributed by atoms with Crippen LogP contribution in [-0.4, -0.2) is 34.0 Å². The van der Waals surface area contributed by atoms with Crippen molar-refractivity contribution in [2.75, 3.05) is 5.32 Å². The number of nitrogens with zero attached hydrogens (tertiary/aromatic N) is 1. The summed E-state index contributed by atoms with van der Waals surface area (Å²) in [5.41, 5.74) is 1.39. The van der Waals surface area contributed by atoms with E-state index < -0.39 is 23.9 Å². The molecule has 0 aliphatic rings. The van der Waals surface area contributed by atoms with Gasteiger partial charge in [0.05, 0.1) is 11.3 Å². The van der Waals surface area contributed by atoms with Crippen molar-refractivity contribution in [2.45, 2.75) is 26.4 Å². The maximum atomic E-state index is 12.5. The van der Waals surface area contributed by atoms with Crippen LogP contribution in [-0.2, 0) is 11.3 Å². The highest BCUT2D eigenvalue weighted by Crippen LogP contribution is 2.15. The molecule has 1 aromatic heterocycles. The van der Waals surface area contributed by atoms with Crippen LogP contribution in [0.25, 0.3) is 0 Å². The van der Waals surface area contributed by atoms with E-state index in [9.17, 15) is 14.4 Å². The Morgan fingerprint density at radius 3 is 2.44 bits per heavy atom. The van der Waals surface area contributed by atoms with E-state index in [4.69, 9.17) is 5.11 Å². The first-order chi connectivity index (χ1) is 12.9. The topological polar surface area (TPSA) is 120 Å². The average Bonchev–Trinajstić information content (AvgIpc) is 2.65. The summed E-state index contributed by atoms with van der Waals surface area (Å²) in [5.74, 6) is -1.21. The largest absolute Gasteiger partial charge is 0.465 e. The van der Waals surface area contributed by atoms with Gasteiger partial charge in [-0.25, -0.2) is 4.79 Å². The number of hydrogen-bond acceptors (Lipinski definition) is 4. The molecule has 1 unspecified atom stereocenters. The van der Waals surface area contributed by atoms with Crippen molar-refractivity contribution < 1.29 is 19.5 Å². The van der Waals surface area contributed by atoms with Crippen LogP contribution in [0.1, 0.15) is 29.8 Å². The normalized spacial score (nSPS) is 11.5. The Balaban J connectivity index is 2.11. The summed E-state index contributed by atoms with van der Waals surface area (Å²) in [4.78, 5) is 39.8. The highest BCUT2D eigenvalue weighted by Gasteiger charge is 2.25. The molecule has 0 aliphatic carbocycles. The smallest absolute Gasteiger partial charge is 0.405 e. The van der Waals surface area contributed by atoms with E-state index in [1.807, 2.05) is 30.3 Å². The zero-order chi connectivity index (χ0) is 19.8. The van der Waals surface area contributed by atoms with Crippen LogP contribution < -0.4 is 16.0 Å². The summed E-state index contributed by atoms with van der Waals surface area (Å²) in [7, 11) is 0. The summed E-state index contributed by atoms with van der Waals surface area (Å²) >= 11 is 0. The lowest BCUT2D eigenvalue weighted by Gasteiger charge is -2.20. The zero-order valence-corrected chi connectivity index (χ0v) is 15.1. The van der Waals surface area contributed by atoms with E-state index in [1.165, 1.54) is 18.5 Å². The van der Waals surface area contributed by atoms with Crippen molar-refractivity contribution >= 4 is 23.6 Å². The number of rotatable bonds is 7. The molecule has 4 N–H and O–H groups in total. The Kier molecular flexibility index (Phi) is 6.87. The van der Waals surface area contributed by atoms with Gasteiger partial charge in [0.15, 0.2) is 0 Å². The first-order valence-corrected chi connectivity index (χ1v) is 8.45. The summed E-state index contributed by atoms with van der Waals surface area (Å²) in [6.45, 7) is 3.78. The van der Waals surface area contributed by atoms with E-state index in [0.29, 0.717) is 6.54 Å². The van der Waals surface area contributed by atoms with Gasteiger partial charge in [0.2, 0.25) is 5.91 Å².